The molecule has 0 bridgehead atoms. The first-order valence-corrected chi connectivity index (χ1v) is 7.65. The maximum absolute atomic E-state index is 12.5. The molecule has 2 heterocycles. The fourth-order valence-electron chi connectivity index (χ4n) is 3.10. The van der Waals surface area contributed by atoms with Gasteiger partial charge in [-0.1, -0.05) is 18.2 Å². The molecule has 2 aliphatic heterocycles. The summed E-state index contributed by atoms with van der Waals surface area (Å²) in [5.74, 6) is 0.910. The van der Waals surface area contributed by atoms with Gasteiger partial charge in [0.15, 0.2) is 0 Å². The SMILES string of the molecule is COc1ccc(N2N=C3c4ccccc4NCC3CC2=O)cc1. The number of fused-ring (bicyclic) bond motifs is 3. The molecule has 5 nitrogen and oxygen atoms in total. The third-order valence-corrected chi connectivity index (χ3v) is 4.31. The minimum atomic E-state index is 0.0186. The maximum atomic E-state index is 12.5. The maximum Gasteiger partial charge on any atom is 0.248 e. The number of rotatable bonds is 2. The number of hydrazone groups is 1. The number of hydrogen-bond acceptors (Lipinski definition) is 4. The van der Waals surface area contributed by atoms with Crippen molar-refractivity contribution >= 4 is 23.0 Å². The topological polar surface area (TPSA) is 53.9 Å². The van der Waals surface area contributed by atoms with Gasteiger partial charge in [-0.3, -0.25) is 4.79 Å². The second-order valence-electron chi connectivity index (χ2n) is 5.72. The lowest BCUT2D eigenvalue weighted by molar-refractivity contribution is -0.119. The number of nitrogens with one attached hydrogen (secondary N) is 1. The van der Waals surface area contributed by atoms with Gasteiger partial charge in [0, 0.05) is 30.1 Å². The molecule has 5 heteroatoms. The van der Waals surface area contributed by atoms with Crippen LogP contribution in [0.2, 0.25) is 0 Å². The Bertz CT molecular complexity index is 783. The van der Waals surface area contributed by atoms with E-state index in [0.29, 0.717) is 6.42 Å². The number of methoxy groups -OCH3 is 1. The Morgan fingerprint density at radius 2 is 1.96 bits per heavy atom. The monoisotopic (exact) mass is 307 g/mol. The van der Waals surface area contributed by atoms with E-state index in [0.717, 1.165) is 34.9 Å². The minimum Gasteiger partial charge on any atom is -0.497 e. The second kappa shape index (κ2) is 5.43. The third-order valence-electron chi connectivity index (χ3n) is 4.31. The van der Waals surface area contributed by atoms with E-state index >= 15 is 0 Å². The molecular weight excluding hydrogens is 290 g/mol. The molecule has 1 atom stereocenters. The number of carbonyl (C=O) groups is 1. The number of benzene rings is 2. The number of ether oxygens (including phenoxy) is 1. The van der Waals surface area contributed by atoms with Gasteiger partial charge in [0.25, 0.3) is 0 Å². The smallest absolute Gasteiger partial charge is 0.248 e. The minimum absolute atomic E-state index is 0.0186. The molecule has 2 aliphatic rings. The Hall–Kier alpha value is -2.82. The van der Waals surface area contributed by atoms with Crippen LogP contribution in [0.3, 0.4) is 0 Å². The van der Waals surface area contributed by atoms with E-state index in [1.54, 1.807) is 7.11 Å². The van der Waals surface area contributed by atoms with Crippen molar-refractivity contribution in [3.8, 4) is 5.75 Å². The summed E-state index contributed by atoms with van der Waals surface area (Å²) < 4.78 is 5.17. The van der Waals surface area contributed by atoms with E-state index in [9.17, 15) is 4.79 Å². The van der Waals surface area contributed by atoms with Crippen LogP contribution in [0, 0.1) is 5.92 Å². The molecule has 1 N–H and O–H groups in total. The second-order valence-corrected chi connectivity index (χ2v) is 5.72. The number of nitrogens with zero attached hydrogens (tertiary/aromatic N) is 2. The number of para-hydroxylation sites is 1. The highest BCUT2D eigenvalue weighted by molar-refractivity contribution is 6.14. The lowest BCUT2D eigenvalue weighted by Gasteiger charge is -2.33. The van der Waals surface area contributed by atoms with Gasteiger partial charge >= 0.3 is 0 Å². The fraction of sp³-hybridized carbons (Fsp3) is 0.222. The van der Waals surface area contributed by atoms with Crippen molar-refractivity contribution in [3.05, 3.63) is 54.1 Å². The molecule has 116 valence electrons. The largest absolute Gasteiger partial charge is 0.497 e. The summed E-state index contributed by atoms with van der Waals surface area (Å²) in [6.07, 6.45) is 0.464. The fourth-order valence-corrected chi connectivity index (χ4v) is 3.10. The zero-order valence-electron chi connectivity index (χ0n) is 12.8. The molecule has 4 rings (SSSR count). The first-order valence-electron chi connectivity index (χ1n) is 7.65. The van der Waals surface area contributed by atoms with Crippen LogP contribution in [0.4, 0.5) is 11.4 Å². The van der Waals surface area contributed by atoms with Crippen LogP contribution >= 0.6 is 0 Å². The zero-order valence-corrected chi connectivity index (χ0v) is 12.8. The molecule has 0 aromatic heterocycles. The number of carbonyl (C=O) groups excluding carboxylic acids is 1. The molecule has 0 spiro atoms. The molecule has 1 unspecified atom stereocenters. The average Bonchev–Trinajstić information content (AvgIpc) is 2.61. The van der Waals surface area contributed by atoms with Gasteiger partial charge in [-0.25, -0.2) is 5.01 Å². The molecule has 0 aliphatic carbocycles. The summed E-state index contributed by atoms with van der Waals surface area (Å²) in [5, 5.41) is 9.56. The molecule has 2 aromatic carbocycles. The molecule has 0 saturated carbocycles. The van der Waals surface area contributed by atoms with Crippen molar-refractivity contribution < 1.29 is 9.53 Å². The molecule has 0 saturated heterocycles. The Morgan fingerprint density at radius 1 is 1.17 bits per heavy atom. The van der Waals surface area contributed by atoms with Crippen molar-refractivity contribution in [1.82, 2.24) is 0 Å². The zero-order chi connectivity index (χ0) is 15.8. The summed E-state index contributed by atoms with van der Waals surface area (Å²) in [6, 6.07) is 15.5. The molecule has 1 amide bonds. The summed E-state index contributed by atoms with van der Waals surface area (Å²) in [7, 11) is 1.62. The molecule has 0 fully saturated rings. The van der Waals surface area contributed by atoms with Crippen molar-refractivity contribution in [2.45, 2.75) is 6.42 Å². The van der Waals surface area contributed by atoms with Gasteiger partial charge in [0.05, 0.1) is 18.5 Å². The Kier molecular flexibility index (Phi) is 3.26. The Labute approximate surface area is 134 Å². The quantitative estimate of drug-likeness (QED) is 0.928. The highest BCUT2D eigenvalue weighted by Crippen LogP contribution is 2.32. The van der Waals surface area contributed by atoms with Gasteiger partial charge in [0.1, 0.15) is 5.75 Å². The highest BCUT2D eigenvalue weighted by Gasteiger charge is 2.34. The van der Waals surface area contributed by atoms with Crippen LogP contribution < -0.4 is 15.1 Å². The van der Waals surface area contributed by atoms with Crippen LogP contribution in [0.15, 0.2) is 53.6 Å². The van der Waals surface area contributed by atoms with Gasteiger partial charge in [-0.05, 0) is 30.3 Å². The Morgan fingerprint density at radius 3 is 2.74 bits per heavy atom. The van der Waals surface area contributed by atoms with Crippen molar-refractivity contribution in [1.29, 1.82) is 0 Å². The third kappa shape index (κ3) is 2.34. The van der Waals surface area contributed by atoms with E-state index in [2.05, 4.69) is 16.5 Å². The summed E-state index contributed by atoms with van der Waals surface area (Å²) in [6.45, 7) is 0.748. The summed E-state index contributed by atoms with van der Waals surface area (Å²) in [4.78, 5) is 12.5. The predicted molar refractivity (Wildman–Crippen MR) is 90.1 cm³/mol. The van der Waals surface area contributed by atoms with Crippen molar-refractivity contribution in [3.63, 3.8) is 0 Å². The molecule has 0 radical (unpaired) electrons. The summed E-state index contributed by atoms with van der Waals surface area (Å²) >= 11 is 0. The molecule has 23 heavy (non-hydrogen) atoms. The van der Waals surface area contributed by atoms with E-state index in [1.807, 2.05) is 42.5 Å². The van der Waals surface area contributed by atoms with Crippen LogP contribution in [0.1, 0.15) is 12.0 Å². The highest BCUT2D eigenvalue weighted by atomic mass is 16.5. The Balaban J connectivity index is 1.76. The van der Waals surface area contributed by atoms with E-state index < -0.39 is 0 Å². The van der Waals surface area contributed by atoms with Crippen LogP contribution in [-0.2, 0) is 4.79 Å². The van der Waals surface area contributed by atoms with E-state index in [1.165, 1.54) is 5.01 Å². The van der Waals surface area contributed by atoms with Gasteiger partial charge < -0.3 is 10.1 Å². The standard InChI is InChI=1S/C18H17N3O2/c1-23-14-8-6-13(7-9-14)21-17(22)10-12-11-19-16-5-3-2-4-15(16)18(12)20-21/h2-9,12,19H,10-11H2,1H3. The summed E-state index contributed by atoms with van der Waals surface area (Å²) in [5.41, 5.74) is 3.90. The average molecular weight is 307 g/mol. The van der Waals surface area contributed by atoms with Gasteiger partial charge in [-0.2, -0.15) is 5.10 Å². The first kappa shape index (κ1) is 13.8. The number of amides is 1. The van der Waals surface area contributed by atoms with Crippen molar-refractivity contribution in [2.24, 2.45) is 11.0 Å². The van der Waals surface area contributed by atoms with Gasteiger partial charge in [-0.15, -0.1) is 0 Å². The normalized spacial score (nSPS) is 19.3. The number of anilines is 2. The molecular formula is C18H17N3O2. The first-order chi connectivity index (χ1) is 11.3. The lowest BCUT2D eigenvalue weighted by atomic mass is 9.88. The van der Waals surface area contributed by atoms with Crippen molar-refractivity contribution in [2.75, 3.05) is 24.0 Å². The van der Waals surface area contributed by atoms with E-state index in [-0.39, 0.29) is 11.8 Å². The number of hydrogen-bond donors (Lipinski definition) is 1. The predicted octanol–water partition coefficient (Wildman–Crippen LogP) is 2.88. The lowest BCUT2D eigenvalue weighted by Crippen LogP contribution is -2.42. The molecule has 2 aromatic rings. The van der Waals surface area contributed by atoms with Crippen LogP contribution in [-0.4, -0.2) is 25.3 Å². The van der Waals surface area contributed by atoms with E-state index in [4.69, 9.17) is 4.74 Å². The van der Waals surface area contributed by atoms with Crippen LogP contribution in [0.25, 0.3) is 0 Å². The van der Waals surface area contributed by atoms with Gasteiger partial charge in [0.2, 0.25) is 5.91 Å². The van der Waals surface area contributed by atoms with Crippen LogP contribution in [0.5, 0.6) is 5.75 Å².